The molecule has 150 valence electrons. The van der Waals surface area contributed by atoms with Gasteiger partial charge in [0.25, 0.3) is 0 Å². The summed E-state index contributed by atoms with van der Waals surface area (Å²) in [5.74, 6) is 1.64. The number of carbonyl (C=O) groups is 1. The molecule has 5 rings (SSSR count). The second kappa shape index (κ2) is 7.10. The van der Waals surface area contributed by atoms with Crippen molar-refractivity contribution in [2.24, 2.45) is 5.92 Å². The van der Waals surface area contributed by atoms with Crippen molar-refractivity contribution in [3.8, 4) is 5.75 Å². The van der Waals surface area contributed by atoms with Crippen molar-refractivity contribution in [1.82, 2.24) is 5.32 Å². The lowest BCUT2D eigenvalue weighted by Crippen LogP contribution is -2.31. The zero-order valence-electron chi connectivity index (χ0n) is 17.0. The quantitative estimate of drug-likeness (QED) is 0.686. The molecule has 0 spiro atoms. The Morgan fingerprint density at radius 1 is 1.10 bits per heavy atom. The van der Waals surface area contributed by atoms with Gasteiger partial charge in [0.2, 0.25) is 0 Å². The van der Waals surface area contributed by atoms with Crippen LogP contribution >= 0.6 is 15.9 Å². The fourth-order valence-electron chi connectivity index (χ4n) is 5.07. The van der Waals surface area contributed by atoms with Crippen molar-refractivity contribution >= 4 is 27.3 Å². The number of Topliss-reactive ketones (excluding diaryl/α,β-unsaturated/α-hetero) is 1. The third-order valence-corrected chi connectivity index (χ3v) is 7.33. The van der Waals surface area contributed by atoms with Crippen molar-refractivity contribution in [2.75, 3.05) is 19.7 Å². The number of fused-ring (bicyclic) bond motifs is 3. The molecule has 0 atom stereocenters. The first-order chi connectivity index (χ1) is 13.9. The summed E-state index contributed by atoms with van der Waals surface area (Å²) in [6.07, 6.45) is 3.17. The summed E-state index contributed by atoms with van der Waals surface area (Å²) in [7, 11) is 0. The number of rotatable bonds is 3. The number of hydrogen-bond donors (Lipinski definition) is 1. The summed E-state index contributed by atoms with van der Waals surface area (Å²) >= 11 is 3.57. The van der Waals surface area contributed by atoms with Gasteiger partial charge in [0.15, 0.2) is 5.78 Å². The minimum Gasteiger partial charge on any atom is -0.493 e. The van der Waals surface area contributed by atoms with Gasteiger partial charge in [0, 0.05) is 21.0 Å². The van der Waals surface area contributed by atoms with Crippen LogP contribution in [0.15, 0.2) is 46.4 Å². The molecular formula is C25H26BrNO2. The Kier molecular flexibility index (Phi) is 4.67. The summed E-state index contributed by atoms with van der Waals surface area (Å²) in [6, 6.07) is 12.3. The Morgan fingerprint density at radius 3 is 2.66 bits per heavy atom. The Balaban J connectivity index is 1.47. The molecule has 0 radical (unpaired) electrons. The molecule has 0 saturated carbocycles. The first kappa shape index (κ1) is 19.1. The van der Waals surface area contributed by atoms with E-state index in [1.54, 1.807) is 0 Å². The molecule has 29 heavy (non-hydrogen) atoms. The molecule has 0 amide bonds. The SMILES string of the molecule is CC1(C)C2=C(C(=O)c3ccc(OCC4CCNCC4)cc31)c1ccc(Br)cc1C2. The smallest absolute Gasteiger partial charge is 0.193 e. The molecule has 0 unspecified atom stereocenters. The maximum absolute atomic E-state index is 13.4. The lowest BCUT2D eigenvalue weighted by atomic mass is 9.68. The van der Waals surface area contributed by atoms with E-state index in [1.165, 1.54) is 24.0 Å². The highest BCUT2D eigenvalue weighted by Gasteiger charge is 2.42. The van der Waals surface area contributed by atoms with Crippen LogP contribution in [-0.2, 0) is 11.8 Å². The third kappa shape index (κ3) is 3.17. The molecule has 3 aliphatic rings. The van der Waals surface area contributed by atoms with Gasteiger partial charge in [-0.25, -0.2) is 0 Å². The van der Waals surface area contributed by atoms with E-state index in [4.69, 9.17) is 4.74 Å². The average molecular weight is 452 g/mol. The molecule has 1 N–H and O–H groups in total. The maximum atomic E-state index is 13.4. The molecule has 2 aromatic carbocycles. The van der Waals surface area contributed by atoms with Crippen LogP contribution < -0.4 is 10.1 Å². The molecule has 0 bridgehead atoms. The molecule has 1 saturated heterocycles. The summed E-state index contributed by atoms with van der Waals surface area (Å²) in [6.45, 7) is 7.39. The Morgan fingerprint density at radius 2 is 1.86 bits per heavy atom. The predicted octanol–water partition coefficient (Wildman–Crippen LogP) is 5.31. The number of nitrogens with one attached hydrogen (secondary N) is 1. The molecular weight excluding hydrogens is 426 g/mol. The number of ketones is 1. The van der Waals surface area contributed by atoms with Crippen LogP contribution in [0.5, 0.6) is 5.75 Å². The van der Waals surface area contributed by atoms with Crippen molar-refractivity contribution in [1.29, 1.82) is 0 Å². The van der Waals surface area contributed by atoms with Gasteiger partial charge < -0.3 is 10.1 Å². The second-order valence-electron chi connectivity index (χ2n) is 9.00. The van der Waals surface area contributed by atoms with E-state index in [0.29, 0.717) is 5.92 Å². The van der Waals surface area contributed by atoms with Gasteiger partial charge in [-0.3, -0.25) is 4.79 Å². The summed E-state index contributed by atoms with van der Waals surface area (Å²) in [5.41, 5.74) is 6.19. The topological polar surface area (TPSA) is 38.3 Å². The fourth-order valence-corrected chi connectivity index (χ4v) is 5.48. The first-order valence-electron chi connectivity index (χ1n) is 10.5. The van der Waals surface area contributed by atoms with Gasteiger partial charge in [-0.2, -0.15) is 0 Å². The van der Waals surface area contributed by atoms with Crippen molar-refractivity contribution in [3.05, 3.63) is 68.7 Å². The van der Waals surface area contributed by atoms with E-state index in [1.807, 2.05) is 18.2 Å². The molecule has 1 heterocycles. The summed E-state index contributed by atoms with van der Waals surface area (Å²) in [5, 5.41) is 3.40. The van der Waals surface area contributed by atoms with Crippen molar-refractivity contribution in [2.45, 2.75) is 38.5 Å². The van der Waals surface area contributed by atoms with E-state index in [9.17, 15) is 4.79 Å². The number of carbonyl (C=O) groups excluding carboxylic acids is 1. The first-order valence-corrected chi connectivity index (χ1v) is 11.3. The molecule has 4 heteroatoms. The number of hydrogen-bond acceptors (Lipinski definition) is 3. The van der Waals surface area contributed by atoms with Gasteiger partial charge >= 0.3 is 0 Å². The van der Waals surface area contributed by atoms with E-state index < -0.39 is 0 Å². The molecule has 2 aromatic rings. The van der Waals surface area contributed by atoms with Gasteiger partial charge in [-0.05, 0) is 90.9 Å². The van der Waals surface area contributed by atoms with Crippen LogP contribution in [0.25, 0.3) is 5.57 Å². The van der Waals surface area contributed by atoms with Crippen LogP contribution in [0.4, 0.5) is 0 Å². The molecule has 1 fully saturated rings. The molecule has 2 aliphatic carbocycles. The molecule has 1 aliphatic heterocycles. The summed E-state index contributed by atoms with van der Waals surface area (Å²) in [4.78, 5) is 13.4. The highest BCUT2D eigenvalue weighted by Crippen LogP contribution is 2.50. The van der Waals surface area contributed by atoms with Gasteiger partial charge in [-0.15, -0.1) is 0 Å². The minimum atomic E-state index is -0.196. The van der Waals surface area contributed by atoms with Gasteiger partial charge in [0.05, 0.1) is 6.61 Å². The van der Waals surface area contributed by atoms with Crippen LogP contribution in [0, 0.1) is 5.92 Å². The highest BCUT2D eigenvalue weighted by atomic mass is 79.9. The average Bonchev–Trinajstić information content (AvgIpc) is 3.11. The van der Waals surface area contributed by atoms with E-state index in [0.717, 1.165) is 58.6 Å². The molecule has 0 aromatic heterocycles. The maximum Gasteiger partial charge on any atom is 0.193 e. The zero-order valence-corrected chi connectivity index (χ0v) is 18.6. The van der Waals surface area contributed by atoms with Crippen LogP contribution in [-0.4, -0.2) is 25.5 Å². The number of allylic oxidation sites excluding steroid dienone is 2. The Labute approximate surface area is 180 Å². The highest BCUT2D eigenvalue weighted by molar-refractivity contribution is 9.10. The summed E-state index contributed by atoms with van der Waals surface area (Å²) < 4.78 is 7.23. The monoisotopic (exact) mass is 451 g/mol. The van der Waals surface area contributed by atoms with Gasteiger partial charge in [-0.1, -0.05) is 35.8 Å². The fraction of sp³-hybridized carbons (Fsp3) is 0.400. The van der Waals surface area contributed by atoms with E-state index in [-0.39, 0.29) is 11.2 Å². The number of piperidine rings is 1. The van der Waals surface area contributed by atoms with Crippen LogP contribution in [0.2, 0.25) is 0 Å². The van der Waals surface area contributed by atoms with Gasteiger partial charge in [0.1, 0.15) is 5.75 Å². The van der Waals surface area contributed by atoms with E-state index >= 15 is 0 Å². The van der Waals surface area contributed by atoms with Crippen LogP contribution in [0.3, 0.4) is 0 Å². The number of benzene rings is 2. The van der Waals surface area contributed by atoms with Crippen LogP contribution in [0.1, 0.15) is 53.7 Å². The second-order valence-corrected chi connectivity index (χ2v) is 9.91. The van der Waals surface area contributed by atoms with E-state index in [2.05, 4.69) is 53.3 Å². The third-order valence-electron chi connectivity index (χ3n) is 6.84. The standard InChI is InChI=1S/C25H26BrNO2/c1-25(2)21-13-18(29-14-15-7-9-27-10-8-15)4-6-20(21)24(28)23-19-5-3-17(26)11-16(19)12-22(23)25/h3-6,11,13,15,27H,7-10,12,14H2,1-2H3. The van der Waals surface area contributed by atoms with Crippen molar-refractivity contribution < 1.29 is 9.53 Å². The Hall–Kier alpha value is -1.91. The predicted molar refractivity (Wildman–Crippen MR) is 120 cm³/mol. The molecule has 3 nitrogen and oxygen atoms in total. The lowest BCUT2D eigenvalue weighted by molar-refractivity contribution is 0.105. The normalized spacial score (nSPS) is 20.3. The number of halogens is 1. The minimum absolute atomic E-state index is 0.153. The largest absolute Gasteiger partial charge is 0.493 e. The number of ether oxygens (including phenoxy) is 1. The zero-order chi connectivity index (χ0) is 20.2. The Bertz CT molecular complexity index is 1030. The van der Waals surface area contributed by atoms with Crippen molar-refractivity contribution in [3.63, 3.8) is 0 Å². The lowest BCUT2D eigenvalue weighted by Gasteiger charge is -2.34.